The Morgan fingerprint density at radius 1 is 1.15 bits per heavy atom. The summed E-state index contributed by atoms with van der Waals surface area (Å²) in [6, 6.07) is 4.63. The van der Waals surface area contributed by atoms with Crippen molar-refractivity contribution in [1.29, 1.82) is 0 Å². The number of hydrogen-bond acceptors (Lipinski definition) is 5. The Morgan fingerprint density at radius 2 is 1.80 bits per heavy atom. The molecule has 0 saturated heterocycles. The van der Waals surface area contributed by atoms with Crippen LogP contribution in [0.1, 0.15) is 36.2 Å². The summed E-state index contributed by atoms with van der Waals surface area (Å²) in [6.07, 6.45) is 4.62. The molecule has 1 fully saturated rings. The van der Waals surface area contributed by atoms with Crippen LogP contribution in [0.3, 0.4) is 0 Å². The van der Waals surface area contributed by atoms with Crippen LogP contribution in [0.5, 0.6) is 0 Å². The van der Waals surface area contributed by atoms with Gasteiger partial charge in [-0.1, -0.05) is 0 Å². The molecule has 2 N–H and O–H groups in total. The van der Waals surface area contributed by atoms with Gasteiger partial charge in [-0.15, -0.1) is 10.2 Å². The summed E-state index contributed by atoms with van der Waals surface area (Å²) in [5, 5.41) is 14.8. The molecule has 1 amide bonds. The second-order valence-electron chi connectivity index (χ2n) is 5.48. The van der Waals surface area contributed by atoms with E-state index in [1.807, 2.05) is 13.1 Å². The van der Waals surface area contributed by atoms with Crippen molar-refractivity contribution in [2.24, 2.45) is 0 Å². The lowest BCUT2D eigenvalue weighted by molar-refractivity contribution is 0.0821. The van der Waals surface area contributed by atoms with Gasteiger partial charge < -0.3 is 15.5 Å². The SMILES string of the molecule is CNC1CCC(Nc2ccc(C(=O)N(C)C)nn2)CC1. The van der Waals surface area contributed by atoms with E-state index in [9.17, 15) is 4.79 Å². The van der Waals surface area contributed by atoms with Gasteiger partial charge in [0.2, 0.25) is 0 Å². The van der Waals surface area contributed by atoms with E-state index >= 15 is 0 Å². The van der Waals surface area contributed by atoms with E-state index in [0.717, 1.165) is 18.7 Å². The minimum absolute atomic E-state index is 0.126. The van der Waals surface area contributed by atoms with Crippen molar-refractivity contribution in [3.8, 4) is 0 Å². The molecule has 1 aliphatic rings. The van der Waals surface area contributed by atoms with Crippen LogP contribution in [0.25, 0.3) is 0 Å². The molecule has 1 aromatic heterocycles. The quantitative estimate of drug-likeness (QED) is 0.863. The highest BCUT2D eigenvalue weighted by Crippen LogP contribution is 2.21. The Balaban J connectivity index is 1.90. The second-order valence-corrected chi connectivity index (χ2v) is 5.48. The van der Waals surface area contributed by atoms with E-state index in [1.54, 1.807) is 20.2 Å². The zero-order valence-corrected chi connectivity index (χ0v) is 12.4. The topological polar surface area (TPSA) is 70.2 Å². The van der Waals surface area contributed by atoms with E-state index in [0.29, 0.717) is 17.8 Å². The zero-order chi connectivity index (χ0) is 14.5. The summed E-state index contributed by atoms with van der Waals surface area (Å²) in [6.45, 7) is 0. The fourth-order valence-corrected chi connectivity index (χ4v) is 2.49. The van der Waals surface area contributed by atoms with E-state index in [-0.39, 0.29) is 5.91 Å². The molecule has 1 heterocycles. The number of amides is 1. The third-order valence-corrected chi connectivity index (χ3v) is 3.78. The maximum Gasteiger partial charge on any atom is 0.273 e. The number of rotatable bonds is 4. The smallest absolute Gasteiger partial charge is 0.273 e. The maximum atomic E-state index is 11.7. The van der Waals surface area contributed by atoms with Crippen molar-refractivity contribution in [2.75, 3.05) is 26.5 Å². The van der Waals surface area contributed by atoms with Gasteiger partial charge in [-0.25, -0.2) is 0 Å². The fourth-order valence-electron chi connectivity index (χ4n) is 2.49. The Hall–Kier alpha value is -1.69. The van der Waals surface area contributed by atoms with Crippen LogP contribution < -0.4 is 10.6 Å². The predicted molar refractivity (Wildman–Crippen MR) is 78.8 cm³/mol. The highest BCUT2D eigenvalue weighted by molar-refractivity contribution is 5.91. The molecule has 20 heavy (non-hydrogen) atoms. The van der Waals surface area contributed by atoms with Crippen LogP contribution in [0.15, 0.2) is 12.1 Å². The molecular formula is C14H23N5O. The molecule has 0 aromatic carbocycles. The Labute approximate surface area is 120 Å². The molecule has 0 aliphatic heterocycles. The molecule has 0 atom stereocenters. The molecule has 0 spiro atoms. The number of hydrogen-bond donors (Lipinski definition) is 2. The average Bonchev–Trinajstić information content (AvgIpc) is 2.48. The number of nitrogens with one attached hydrogen (secondary N) is 2. The van der Waals surface area contributed by atoms with Gasteiger partial charge in [0, 0.05) is 26.2 Å². The van der Waals surface area contributed by atoms with Crippen LogP contribution in [0, 0.1) is 0 Å². The normalized spacial score (nSPS) is 22.4. The van der Waals surface area contributed by atoms with Gasteiger partial charge in [0.1, 0.15) is 5.82 Å². The monoisotopic (exact) mass is 277 g/mol. The molecule has 1 aliphatic carbocycles. The van der Waals surface area contributed by atoms with Gasteiger partial charge in [0.15, 0.2) is 5.69 Å². The van der Waals surface area contributed by atoms with Gasteiger partial charge in [-0.3, -0.25) is 4.79 Å². The number of nitrogens with zero attached hydrogens (tertiary/aromatic N) is 3. The van der Waals surface area contributed by atoms with Crippen LogP contribution in [-0.4, -0.2) is 54.2 Å². The zero-order valence-electron chi connectivity index (χ0n) is 12.4. The van der Waals surface area contributed by atoms with Crippen molar-refractivity contribution in [3.05, 3.63) is 17.8 Å². The largest absolute Gasteiger partial charge is 0.366 e. The number of carbonyl (C=O) groups is 1. The van der Waals surface area contributed by atoms with Gasteiger partial charge in [-0.05, 0) is 44.9 Å². The highest BCUT2D eigenvalue weighted by atomic mass is 16.2. The lowest BCUT2D eigenvalue weighted by atomic mass is 9.91. The predicted octanol–water partition coefficient (Wildman–Crippen LogP) is 1.12. The Bertz CT molecular complexity index is 437. The molecule has 0 radical (unpaired) electrons. The van der Waals surface area contributed by atoms with Crippen LogP contribution in [-0.2, 0) is 0 Å². The minimum atomic E-state index is -0.126. The molecule has 110 valence electrons. The van der Waals surface area contributed by atoms with Crippen LogP contribution >= 0.6 is 0 Å². The van der Waals surface area contributed by atoms with Crippen molar-refractivity contribution in [3.63, 3.8) is 0 Å². The third kappa shape index (κ3) is 3.66. The summed E-state index contributed by atoms with van der Waals surface area (Å²) in [5.74, 6) is 0.617. The summed E-state index contributed by atoms with van der Waals surface area (Å²) in [4.78, 5) is 13.2. The molecule has 6 heteroatoms. The van der Waals surface area contributed by atoms with E-state index in [1.165, 1.54) is 17.7 Å². The van der Waals surface area contributed by atoms with E-state index in [2.05, 4.69) is 20.8 Å². The van der Waals surface area contributed by atoms with E-state index in [4.69, 9.17) is 0 Å². The molecule has 0 bridgehead atoms. The molecular weight excluding hydrogens is 254 g/mol. The molecule has 6 nitrogen and oxygen atoms in total. The number of aromatic nitrogens is 2. The van der Waals surface area contributed by atoms with Crippen LogP contribution in [0.2, 0.25) is 0 Å². The first kappa shape index (κ1) is 14.7. The summed E-state index contributed by atoms with van der Waals surface area (Å²) < 4.78 is 0. The average molecular weight is 277 g/mol. The lowest BCUT2D eigenvalue weighted by Gasteiger charge is -2.29. The summed E-state index contributed by atoms with van der Waals surface area (Å²) in [7, 11) is 5.43. The van der Waals surface area contributed by atoms with Crippen molar-refractivity contribution >= 4 is 11.7 Å². The first-order valence-electron chi connectivity index (χ1n) is 7.09. The van der Waals surface area contributed by atoms with Crippen LogP contribution in [0.4, 0.5) is 5.82 Å². The van der Waals surface area contributed by atoms with Gasteiger partial charge in [0.05, 0.1) is 0 Å². The van der Waals surface area contributed by atoms with Gasteiger partial charge >= 0.3 is 0 Å². The summed E-state index contributed by atoms with van der Waals surface area (Å²) >= 11 is 0. The molecule has 2 rings (SSSR count). The van der Waals surface area contributed by atoms with Crippen molar-refractivity contribution in [1.82, 2.24) is 20.4 Å². The fraction of sp³-hybridized carbons (Fsp3) is 0.643. The van der Waals surface area contributed by atoms with Gasteiger partial charge in [0.25, 0.3) is 5.91 Å². The Morgan fingerprint density at radius 3 is 2.30 bits per heavy atom. The molecule has 1 aromatic rings. The molecule has 1 saturated carbocycles. The third-order valence-electron chi connectivity index (χ3n) is 3.78. The lowest BCUT2D eigenvalue weighted by Crippen LogP contribution is -2.35. The number of carbonyl (C=O) groups excluding carboxylic acids is 1. The Kier molecular flexibility index (Phi) is 4.89. The van der Waals surface area contributed by atoms with E-state index < -0.39 is 0 Å². The number of anilines is 1. The minimum Gasteiger partial charge on any atom is -0.366 e. The molecule has 0 unspecified atom stereocenters. The highest BCUT2D eigenvalue weighted by Gasteiger charge is 2.20. The first-order valence-corrected chi connectivity index (χ1v) is 7.09. The maximum absolute atomic E-state index is 11.7. The van der Waals surface area contributed by atoms with Crippen molar-refractivity contribution in [2.45, 2.75) is 37.8 Å². The summed E-state index contributed by atoms with van der Waals surface area (Å²) in [5.41, 5.74) is 0.374. The standard InChI is InChI=1S/C14H23N5O/c1-15-10-4-6-11(7-5-10)16-13-9-8-12(17-18-13)14(20)19(2)3/h8-11,15H,4-7H2,1-3H3,(H,16,18). The van der Waals surface area contributed by atoms with Crippen molar-refractivity contribution < 1.29 is 4.79 Å². The second kappa shape index (κ2) is 6.65. The first-order chi connectivity index (χ1) is 9.60. The van der Waals surface area contributed by atoms with Gasteiger partial charge in [-0.2, -0.15) is 0 Å².